The molecule has 0 aromatic heterocycles. The van der Waals surface area contributed by atoms with Crippen LogP contribution in [0, 0.1) is 5.92 Å². The molecule has 0 unspecified atom stereocenters. The molecule has 0 spiro atoms. The van der Waals surface area contributed by atoms with E-state index in [0.717, 1.165) is 10.8 Å². The van der Waals surface area contributed by atoms with Gasteiger partial charge in [0.05, 0.1) is 5.92 Å². The van der Waals surface area contributed by atoms with Crippen molar-refractivity contribution in [2.45, 2.75) is 13.0 Å². The summed E-state index contributed by atoms with van der Waals surface area (Å²) in [6, 6.07) is 11.0. The fourth-order valence-electron chi connectivity index (χ4n) is 2.77. The highest BCUT2D eigenvalue weighted by Gasteiger charge is 2.34. The molecule has 1 saturated heterocycles. The number of carboxylic acids is 1. The Balaban J connectivity index is 1.93. The first kappa shape index (κ1) is 13.4. The molecular weight excluding hydrogens is 270 g/mol. The summed E-state index contributed by atoms with van der Waals surface area (Å²) in [6.45, 7) is 0.423. The molecule has 1 aliphatic rings. The van der Waals surface area contributed by atoms with Crippen molar-refractivity contribution >= 4 is 22.6 Å². The monoisotopic (exact) mass is 285 g/mol. The van der Waals surface area contributed by atoms with Crippen LogP contribution in [0.15, 0.2) is 36.4 Å². The molecule has 0 saturated carbocycles. The van der Waals surface area contributed by atoms with E-state index < -0.39 is 11.9 Å². The van der Waals surface area contributed by atoms with Crippen LogP contribution in [-0.2, 0) is 16.1 Å². The predicted octanol–water partition coefficient (Wildman–Crippen LogP) is 1.98. The van der Waals surface area contributed by atoms with E-state index in [2.05, 4.69) is 0 Å². The molecule has 21 heavy (non-hydrogen) atoms. The van der Waals surface area contributed by atoms with Gasteiger partial charge >= 0.3 is 5.97 Å². The maximum atomic E-state index is 11.9. The van der Waals surface area contributed by atoms with E-state index in [1.165, 1.54) is 4.90 Å². The number of hydrogen-bond donors (Lipinski definition) is 2. The van der Waals surface area contributed by atoms with E-state index in [1.54, 1.807) is 6.07 Å². The number of aliphatic carboxylic acids is 1. The normalized spacial score (nSPS) is 18.4. The van der Waals surface area contributed by atoms with E-state index in [9.17, 15) is 14.7 Å². The van der Waals surface area contributed by atoms with Gasteiger partial charge in [0.25, 0.3) is 0 Å². The average molecular weight is 285 g/mol. The molecule has 1 fully saturated rings. The van der Waals surface area contributed by atoms with Crippen LogP contribution in [0.1, 0.15) is 12.0 Å². The third kappa shape index (κ3) is 2.42. The minimum absolute atomic E-state index is 0.0286. The van der Waals surface area contributed by atoms with E-state index in [-0.39, 0.29) is 31.2 Å². The average Bonchev–Trinajstić information content (AvgIpc) is 2.84. The maximum absolute atomic E-state index is 11.9. The van der Waals surface area contributed by atoms with Gasteiger partial charge < -0.3 is 15.1 Å². The first-order valence-corrected chi connectivity index (χ1v) is 6.76. The van der Waals surface area contributed by atoms with Gasteiger partial charge in [0.1, 0.15) is 5.75 Å². The van der Waals surface area contributed by atoms with Gasteiger partial charge in [-0.25, -0.2) is 0 Å². The summed E-state index contributed by atoms with van der Waals surface area (Å²) in [5.74, 6) is -1.67. The largest absolute Gasteiger partial charge is 0.508 e. The van der Waals surface area contributed by atoms with Crippen LogP contribution in [-0.4, -0.2) is 33.5 Å². The number of benzene rings is 2. The van der Waals surface area contributed by atoms with E-state index in [1.807, 2.05) is 30.3 Å². The molecule has 0 aliphatic carbocycles. The number of rotatable bonds is 3. The lowest BCUT2D eigenvalue weighted by atomic mass is 10.0. The molecule has 2 aromatic carbocycles. The van der Waals surface area contributed by atoms with Gasteiger partial charge in [0.15, 0.2) is 0 Å². The van der Waals surface area contributed by atoms with Gasteiger partial charge in [-0.3, -0.25) is 9.59 Å². The first-order chi connectivity index (χ1) is 10.1. The highest BCUT2D eigenvalue weighted by Crippen LogP contribution is 2.30. The lowest BCUT2D eigenvalue weighted by Crippen LogP contribution is -2.25. The van der Waals surface area contributed by atoms with Crippen molar-refractivity contribution in [2.75, 3.05) is 6.54 Å². The number of carbonyl (C=O) groups is 2. The van der Waals surface area contributed by atoms with E-state index in [0.29, 0.717) is 5.56 Å². The van der Waals surface area contributed by atoms with E-state index in [4.69, 9.17) is 5.11 Å². The standard InChI is InChI=1S/C16H15NO4/c18-14-6-5-10-3-1-2-4-12(10)13(14)9-17-8-11(16(20)21)7-15(17)19/h1-6,11,18H,7-9H2,(H,20,21)/t11-/m0/s1. The minimum atomic E-state index is -0.951. The van der Waals surface area contributed by atoms with Crippen LogP contribution in [0.5, 0.6) is 5.75 Å². The number of hydrogen-bond acceptors (Lipinski definition) is 3. The molecule has 108 valence electrons. The molecule has 0 radical (unpaired) electrons. The number of phenols is 1. The first-order valence-electron chi connectivity index (χ1n) is 6.76. The van der Waals surface area contributed by atoms with Gasteiger partial charge in [-0.15, -0.1) is 0 Å². The second-order valence-electron chi connectivity index (χ2n) is 5.30. The minimum Gasteiger partial charge on any atom is -0.508 e. The fraction of sp³-hybridized carbons (Fsp3) is 0.250. The number of carboxylic acid groups (broad SMARTS) is 1. The van der Waals surface area contributed by atoms with Crippen LogP contribution in [0.25, 0.3) is 10.8 Å². The van der Waals surface area contributed by atoms with Crippen molar-refractivity contribution in [3.63, 3.8) is 0 Å². The lowest BCUT2D eigenvalue weighted by molar-refractivity contribution is -0.141. The number of phenolic OH excluding ortho intramolecular Hbond substituents is 1. The van der Waals surface area contributed by atoms with Crippen LogP contribution >= 0.6 is 0 Å². The van der Waals surface area contributed by atoms with E-state index >= 15 is 0 Å². The quantitative estimate of drug-likeness (QED) is 0.904. The molecule has 5 nitrogen and oxygen atoms in total. The van der Waals surface area contributed by atoms with Crippen LogP contribution in [0.3, 0.4) is 0 Å². The summed E-state index contributed by atoms with van der Waals surface area (Å²) >= 11 is 0. The summed E-state index contributed by atoms with van der Waals surface area (Å²) in [7, 11) is 0. The Morgan fingerprint density at radius 1 is 1.24 bits per heavy atom. The molecular formula is C16H15NO4. The summed E-state index contributed by atoms with van der Waals surface area (Å²) in [5.41, 5.74) is 0.660. The van der Waals surface area contributed by atoms with Crippen molar-refractivity contribution in [1.82, 2.24) is 4.90 Å². The van der Waals surface area contributed by atoms with Gasteiger partial charge in [0.2, 0.25) is 5.91 Å². The third-order valence-electron chi connectivity index (χ3n) is 3.93. The van der Waals surface area contributed by atoms with Gasteiger partial charge in [-0.2, -0.15) is 0 Å². The summed E-state index contributed by atoms with van der Waals surface area (Å²) in [5, 5.41) is 20.9. The molecule has 2 N–H and O–H groups in total. The lowest BCUT2D eigenvalue weighted by Gasteiger charge is -2.18. The Morgan fingerprint density at radius 3 is 2.71 bits per heavy atom. The zero-order valence-electron chi connectivity index (χ0n) is 11.3. The Morgan fingerprint density at radius 2 is 2.00 bits per heavy atom. The Labute approximate surface area is 121 Å². The maximum Gasteiger partial charge on any atom is 0.308 e. The highest BCUT2D eigenvalue weighted by molar-refractivity contribution is 5.89. The van der Waals surface area contributed by atoms with Crippen molar-refractivity contribution in [1.29, 1.82) is 0 Å². The number of likely N-dealkylation sites (tertiary alicyclic amines) is 1. The highest BCUT2D eigenvalue weighted by atomic mass is 16.4. The smallest absolute Gasteiger partial charge is 0.308 e. The Bertz CT molecular complexity index is 725. The third-order valence-corrected chi connectivity index (χ3v) is 3.93. The number of nitrogens with zero attached hydrogens (tertiary/aromatic N) is 1. The van der Waals surface area contributed by atoms with Crippen molar-refractivity contribution < 1.29 is 19.8 Å². The number of carbonyl (C=O) groups excluding carboxylic acids is 1. The van der Waals surface area contributed by atoms with Crippen molar-refractivity contribution in [3.8, 4) is 5.75 Å². The molecule has 1 atom stereocenters. The molecule has 1 amide bonds. The van der Waals surface area contributed by atoms with Crippen LogP contribution in [0.4, 0.5) is 0 Å². The predicted molar refractivity (Wildman–Crippen MR) is 76.8 cm³/mol. The number of fused-ring (bicyclic) bond motifs is 1. The summed E-state index contributed by atoms with van der Waals surface area (Å²) < 4.78 is 0. The topological polar surface area (TPSA) is 77.8 Å². The van der Waals surface area contributed by atoms with Gasteiger partial charge in [0, 0.05) is 25.1 Å². The fourth-order valence-corrected chi connectivity index (χ4v) is 2.77. The Hall–Kier alpha value is -2.56. The van der Waals surface area contributed by atoms with Crippen LogP contribution < -0.4 is 0 Å². The van der Waals surface area contributed by atoms with Crippen LogP contribution in [0.2, 0.25) is 0 Å². The summed E-state index contributed by atoms with van der Waals surface area (Å²) in [6.07, 6.45) is 0.0286. The molecule has 1 aliphatic heterocycles. The van der Waals surface area contributed by atoms with Crippen molar-refractivity contribution in [3.05, 3.63) is 42.0 Å². The molecule has 5 heteroatoms. The SMILES string of the molecule is O=C(O)[C@H]1CC(=O)N(Cc2c(O)ccc3ccccc23)C1. The Kier molecular flexibility index (Phi) is 3.25. The zero-order valence-corrected chi connectivity index (χ0v) is 11.3. The van der Waals surface area contributed by atoms with Gasteiger partial charge in [-0.1, -0.05) is 30.3 Å². The second-order valence-corrected chi connectivity index (χ2v) is 5.30. The number of amides is 1. The second kappa shape index (κ2) is 5.09. The molecule has 3 rings (SSSR count). The molecule has 1 heterocycles. The number of aromatic hydroxyl groups is 1. The van der Waals surface area contributed by atoms with Gasteiger partial charge in [-0.05, 0) is 16.8 Å². The molecule has 0 bridgehead atoms. The van der Waals surface area contributed by atoms with Crippen molar-refractivity contribution in [2.24, 2.45) is 5.92 Å². The zero-order chi connectivity index (χ0) is 15.0. The summed E-state index contributed by atoms with van der Waals surface area (Å²) in [4.78, 5) is 24.4. The molecule has 2 aromatic rings.